The first-order chi connectivity index (χ1) is 13.1. The quantitative estimate of drug-likeness (QED) is 0.695. The Morgan fingerprint density at radius 1 is 1.07 bits per heavy atom. The van der Waals surface area contributed by atoms with Gasteiger partial charge in [0.2, 0.25) is 0 Å². The van der Waals surface area contributed by atoms with Gasteiger partial charge >= 0.3 is 0 Å². The van der Waals surface area contributed by atoms with Crippen molar-refractivity contribution in [2.24, 2.45) is 0 Å². The lowest BCUT2D eigenvalue weighted by atomic mass is 9.81. The summed E-state index contributed by atoms with van der Waals surface area (Å²) in [6, 6.07) is 17.1. The SMILES string of the molecule is O=C(NC1CCCC(c2ccc(Cl)cc2)C1)c1cc2ccccc2c(=O)[nH]1. The molecule has 1 amide bonds. The Hall–Kier alpha value is -2.59. The van der Waals surface area contributed by atoms with E-state index < -0.39 is 0 Å². The molecule has 5 heteroatoms. The second-order valence-corrected chi connectivity index (χ2v) is 7.62. The summed E-state index contributed by atoms with van der Waals surface area (Å²) in [6.07, 6.45) is 4.02. The number of halogens is 1. The summed E-state index contributed by atoms with van der Waals surface area (Å²) in [7, 11) is 0. The van der Waals surface area contributed by atoms with Gasteiger partial charge in [-0.25, -0.2) is 0 Å². The van der Waals surface area contributed by atoms with Gasteiger partial charge in [-0.3, -0.25) is 9.59 Å². The molecule has 27 heavy (non-hydrogen) atoms. The van der Waals surface area contributed by atoms with Crippen molar-refractivity contribution in [2.45, 2.75) is 37.6 Å². The number of aromatic amines is 1. The highest BCUT2D eigenvalue weighted by Crippen LogP contribution is 2.33. The number of H-pyrrole nitrogens is 1. The van der Waals surface area contributed by atoms with Gasteiger partial charge in [0.25, 0.3) is 11.5 Å². The maximum absolute atomic E-state index is 12.7. The normalized spacial score (nSPS) is 19.7. The Morgan fingerprint density at radius 2 is 1.85 bits per heavy atom. The van der Waals surface area contributed by atoms with Crippen LogP contribution in [0.5, 0.6) is 0 Å². The van der Waals surface area contributed by atoms with E-state index in [9.17, 15) is 9.59 Å². The number of rotatable bonds is 3. The van der Waals surface area contributed by atoms with Crippen LogP contribution in [0.1, 0.15) is 47.7 Å². The summed E-state index contributed by atoms with van der Waals surface area (Å²) < 4.78 is 0. The Balaban J connectivity index is 1.49. The first-order valence-corrected chi connectivity index (χ1v) is 9.66. The van der Waals surface area contributed by atoms with Crippen LogP contribution in [0, 0.1) is 0 Å². The highest BCUT2D eigenvalue weighted by molar-refractivity contribution is 6.30. The number of hydrogen-bond acceptors (Lipinski definition) is 2. The number of amides is 1. The largest absolute Gasteiger partial charge is 0.348 e. The first-order valence-electron chi connectivity index (χ1n) is 9.28. The molecule has 2 N–H and O–H groups in total. The van der Waals surface area contributed by atoms with Crippen LogP contribution in [-0.2, 0) is 0 Å². The molecule has 138 valence electrons. The van der Waals surface area contributed by atoms with Crippen LogP contribution in [0.15, 0.2) is 59.4 Å². The van der Waals surface area contributed by atoms with Gasteiger partial charge in [0.15, 0.2) is 0 Å². The monoisotopic (exact) mass is 380 g/mol. The van der Waals surface area contributed by atoms with Gasteiger partial charge in [0.1, 0.15) is 5.69 Å². The number of carbonyl (C=O) groups is 1. The van der Waals surface area contributed by atoms with E-state index in [0.717, 1.165) is 36.1 Å². The fourth-order valence-corrected chi connectivity index (χ4v) is 4.08. The molecule has 1 saturated carbocycles. The summed E-state index contributed by atoms with van der Waals surface area (Å²) in [5.41, 5.74) is 1.34. The molecular formula is C22H21ClN2O2. The molecular weight excluding hydrogens is 360 g/mol. The van der Waals surface area contributed by atoms with Gasteiger partial charge < -0.3 is 10.3 Å². The molecule has 0 spiro atoms. The molecule has 0 radical (unpaired) electrons. The molecule has 1 heterocycles. The highest BCUT2D eigenvalue weighted by Gasteiger charge is 2.25. The molecule has 0 aliphatic heterocycles. The first kappa shape index (κ1) is 17.8. The lowest BCUT2D eigenvalue weighted by Gasteiger charge is -2.30. The van der Waals surface area contributed by atoms with Crippen molar-refractivity contribution < 1.29 is 4.79 Å². The third kappa shape index (κ3) is 3.91. The molecule has 2 atom stereocenters. The highest BCUT2D eigenvalue weighted by atomic mass is 35.5. The zero-order valence-electron chi connectivity index (χ0n) is 14.9. The zero-order valence-corrected chi connectivity index (χ0v) is 15.6. The fourth-order valence-electron chi connectivity index (χ4n) is 3.95. The van der Waals surface area contributed by atoms with E-state index in [1.54, 1.807) is 12.1 Å². The molecule has 0 bridgehead atoms. The average molecular weight is 381 g/mol. The summed E-state index contributed by atoms with van der Waals surface area (Å²) in [4.78, 5) is 27.6. The van der Waals surface area contributed by atoms with Crippen LogP contribution in [-0.4, -0.2) is 16.9 Å². The lowest BCUT2D eigenvalue weighted by molar-refractivity contribution is 0.0920. The number of carbonyl (C=O) groups excluding carboxylic acids is 1. The van der Waals surface area contributed by atoms with Crippen LogP contribution in [0.4, 0.5) is 0 Å². The van der Waals surface area contributed by atoms with Crippen molar-refractivity contribution in [2.75, 3.05) is 0 Å². The third-order valence-corrected chi connectivity index (χ3v) is 5.60. The maximum Gasteiger partial charge on any atom is 0.268 e. The van der Waals surface area contributed by atoms with Gasteiger partial charge in [-0.15, -0.1) is 0 Å². The van der Waals surface area contributed by atoms with Crippen LogP contribution in [0.25, 0.3) is 10.8 Å². The molecule has 2 unspecified atom stereocenters. The Kier molecular flexibility index (Phi) is 4.99. The minimum absolute atomic E-state index is 0.0990. The summed E-state index contributed by atoms with van der Waals surface area (Å²) in [6.45, 7) is 0. The molecule has 1 fully saturated rings. The molecule has 1 aromatic heterocycles. The van der Waals surface area contributed by atoms with Crippen LogP contribution >= 0.6 is 11.6 Å². The van der Waals surface area contributed by atoms with Crippen molar-refractivity contribution in [3.63, 3.8) is 0 Å². The molecule has 2 aromatic carbocycles. The van der Waals surface area contributed by atoms with Crippen molar-refractivity contribution in [3.05, 3.63) is 81.2 Å². The van der Waals surface area contributed by atoms with Crippen molar-refractivity contribution >= 4 is 28.3 Å². The van der Waals surface area contributed by atoms with E-state index in [2.05, 4.69) is 22.4 Å². The van der Waals surface area contributed by atoms with Crippen LogP contribution < -0.4 is 10.9 Å². The minimum Gasteiger partial charge on any atom is -0.348 e. The number of fused-ring (bicyclic) bond motifs is 1. The van der Waals surface area contributed by atoms with Crippen molar-refractivity contribution in [3.8, 4) is 0 Å². The number of benzene rings is 2. The Bertz CT molecular complexity index is 1030. The van der Waals surface area contributed by atoms with E-state index in [-0.39, 0.29) is 17.5 Å². The van der Waals surface area contributed by atoms with Crippen molar-refractivity contribution in [1.29, 1.82) is 0 Å². The van der Waals surface area contributed by atoms with Gasteiger partial charge in [-0.05, 0) is 60.4 Å². The second kappa shape index (κ2) is 7.57. The van der Waals surface area contributed by atoms with E-state index in [4.69, 9.17) is 11.6 Å². The Morgan fingerprint density at radius 3 is 2.67 bits per heavy atom. The van der Waals surface area contributed by atoms with E-state index in [0.29, 0.717) is 17.0 Å². The number of nitrogens with one attached hydrogen (secondary N) is 2. The topological polar surface area (TPSA) is 62.0 Å². The van der Waals surface area contributed by atoms with E-state index in [1.807, 2.05) is 30.3 Å². The van der Waals surface area contributed by atoms with Gasteiger partial charge in [0, 0.05) is 16.5 Å². The van der Waals surface area contributed by atoms with Crippen LogP contribution in [0.3, 0.4) is 0 Å². The second-order valence-electron chi connectivity index (χ2n) is 7.18. The summed E-state index contributed by atoms with van der Waals surface area (Å²) in [5, 5.41) is 5.20. The van der Waals surface area contributed by atoms with Crippen molar-refractivity contribution in [1.82, 2.24) is 10.3 Å². The maximum atomic E-state index is 12.7. The van der Waals surface area contributed by atoms with Gasteiger partial charge in [-0.1, -0.05) is 48.4 Å². The minimum atomic E-state index is -0.235. The smallest absolute Gasteiger partial charge is 0.268 e. The number of aromatic nitrogens is 1. The molecule has 4 rings (SSSR count). The predicted octanol–water partition coefficient (Wildman–Crippen LogP) is 4.64. The third-order valence-electron chi connectivity index (χ3n) is 5.35. The molecule has 1 aliphatic carbocycles. The lowest BCUT2D eigenvalue weighted by Crippen LogP contribution is -2.38. The van der Waals surface area contributed by atoms with Gasteiger partial charge in [-0.2, -0.15) is 0 Å². The molecule has 1 aliphatic rings. The zero-order chi connectivity index (χ0) is 18.8. The Labute approximate surface area is 162 Å². The average Bonchev–Trinajstić information content (AvgIpc) is 2.69. The predicted molar refractivity (Wildman–Crippen MR) is 108 cm³/mol. The number of pyridine rings is 1. The standard InChI is InChI=1S/C22H21ClN2O2/c23-17-10-8-14(9-11-17)15-5-3-6-18(12-15)24-22(27)20-13-16-4-1-2-7-19(16)21(26)25-20/h1-2,4,7-11,13,15,18H,3,5-6,12H2,(H,24,27)(H,25,26). The summed E-state index contributed by atoms with van der Waals surface area (Å²) in [5.74, 6) is 0.191. The fraction of sp³-hybridized carbons (Fsp3) is 0.273. The van der Waals surface area contributed by atoms with Crippen LogP contribution in [0.2, 0.25) is 5.02 Å². The van der Waals surface area contributed by atoms with Gasteiger partial charge in [0.05, 0.1) is 0 Å². The molecule has 0 saturated heterocycles. The van der Waals surface area contributed by atoms with E-state index >= 15 is 0 Å². The summed E-state index contributed by atoms with van der Waals surface area (Å²) >= 11 is 5.98. The molecule has 3 aromatic rings. The number of hydrogen-bond donors (Lipinski definition) is 2. The molecule has 4 nitrogen and oxygen atoms in total. The van der Waals surface area contributed by atoms with E-state index in [1.165, 1.54) is 5.56 Å².